The van der Waals surface area contributed by atoms with Crippen LogP contribution in [0.5, 0.6) is 0 Å². The van der Waals surface area contributed by atoms with Crippen molar-refractivity contribution in [1.82, 2.24) is 14.9 Å². The second kappa shape index (κ2) is 6.51. The van der Waals surface area contributed by atoms with Crippen LogP contribution < -0.4 is 4.90 Å². The van der Waals surface area contributed by atoms with Gasteiger partial charge in [0.1, 0.15) is 11.6 Å². The first-order valence-corrected chi connectivity index (χ1v) is 9.47. The maximum Gasteiger partial charge on any atom is 0.226 e. The fourth-order valence-corrected chi connectivity index (χ4v) is 4.56. The summed E-state index contributed by atoms with van der Waals surface area (Å²) in [4.78, 5) is 27.3. The summed E-state index contributed by atoms with van der Waals surface area (Å²) in [6.07, 6.45) is 4.64. The molecule has 24 heavy (non-hydrogen) atoms. The second-order valence-electron chi connectivity index (χ2n) is 6.60. The summed E-state index contributed by atoms with van der Waals surface area (Å²) in [6.45, 7) is 5.37. The summed E-state index contributed by atoms with van der Waals surface area (Å²) in [5.74, 6) is 2.27. The predicted molar refractivity (Wildman–Crippen MR) is 95.1 cm³/mol. The number of carbonyl (C=O) groups is 1. The number of thiophene rings is 1. The van der Waals surface area contributed by atoms with Crippen molar-refractivity contribution in [3.63, 3.8) is 0 Å². The molecule has 2 aromatic rings. The van der Waals surface area contributed by atoms with E-state index in [4.69, 9.17) is 0 Å². The minimum absolute atomic E-state index is 0.157. The van der Waals surface area contributed by atoms with Gasteiger partial charge in [-0.05, 0) is 49.3 Å². The van der Waals surface area contributed by atoms with Crippen molar-refractivity contribution in [3.05, 3.63) is 40.0 Å². The molecule has 0 saturated carbocycles. The van der Waals surface area contributed by atoms with Crippen LogP contribution in [0.2, 0.25) is 0 Å². The smallest absolute Gasteiger partial charge is 0.226 e. The van der Waals surface area contributed by atoms with Gasteiger partial charge in [-0.25, -0.2) is 9.97 Å². The van der Waals surface area contributed by atoms with Gasteiger partial charge in [0.25, 0.3) is 0 Å². The van der Waals surface area contributed by atoms with Gasteiger partial charge in [0.05, 0.1) is 0 Å². The molecule has 2 aliphatic rings. The highest BCUT2D eigenvalue weighted by Crippen LogP contribution is 2.28. The highest BCUT2D eigenvalue weighted by Gasteiger charge is 2.30. The van der Waals surface area contributed by atoms with Crippen LogP contribution in [0.3, 0.4) is 0 Å². The van der Waals surface area contributed by atoms with Crippen molar-refractivity contribution < 1.29 is 4.79 Å². The number of aromatic nitrogens is 2. The lowest BCUT2D eigenvalue weighted by molar-refractivity contribution is -0.137. The molecule has 126 valence electrons. The lowest BCUT2D eigenvalue weighted by Gasteiger charge is -2.36. The van der Waals surface area contributed by atoms with E-state index in [-0.39, 0.29) is 5.92 Å². The fourth-order valence-electron chi connectivity index (χ4n) is 3.67. The van der Waals surface area contributed by atoms with E-state index < -0.39 is 0 Å². The molecule has 1 amide bonds. The Morgan fingerprint density at radius 3 is 2.88 bits per heavy atom. The molecular formula is C18H22N4OS. The lowest BCUT2D eigenvalue weighted by Crippen LogP contribution is -2.44. The fraction of sp³-hybridized carbons (Fsp3) is 0.500. The van der Waals surface area contributed by atoms with Crippen LogP contribution in [0, 0.1) is 12.8 Å². The Balaban J connectivity index is 1.37. The molecular weight excluding hydrogens is 320 g/mol. The molecule has 2 aliphatic heterocycles. The van der Waals surface area contributed by atoms with Crippen molar-refractivity contribution in [2.24, 2.45) is 5.92 Å². The minimum atomic E-state index is 0.157. The summed E-state index contributed by atoms with van der Waals surface area (Å²) in [5, 5.41) is 2.14. The SMILES string of the molecule is Cc1nccc(N2CCC(C(=O)N3CCc4sccc4C3)CC2)n1. The molecule has 1 saturated heterocycles. The Kier molecular flexibility index (Phi) is 4.22. The van der Waals surface area contributed by atoms with Gasteiger partial charge in [0, 0.05) is 43.2 Å². The largest absolute Gasteiger partial charge is 0.356 e. The topological polar surface area (TPSA) is 49.3 Å². The number of hydrogen-bond acceptors (Lipinski definition) is 5. The van der Waals surface area contributed by atoms with Gasteiger partial charge in [-0.1, -0.05) is 0 Å². The Hall–Kier alpha value is -1.95. The van der Waals surface area contributed by atoms with Crippen LogP contribution in [0.4, 0.5) is 5.82 Å². The number of fused-ring (bicyclic) bond motifs is 1. The van der Waals surface area contributed by atoms with E-state index in [0.717, 1.165) is 57.1 Å². The maximum atomic E-state index is 12.9. The highest BCUT2D eigenvalue weighted by molar-refractivity contribution is 7.10. The number of nitrogens with zero attached hydrogens (tertiary/aromatic N) is 4. The molecule has 0 spiro atoms. The van der Waals surface area contributed by atoms with E-state index in [0.29, 0.717) is 5.91 Å². The first kappa shape index (κ1) is 15.6. The molecule has 4 heterocycles. The average molecular weight is 342 g/mol. The Labute approximate surface area is 146 Å². The van der Waals surface area contributed by atoms with Gasteiger partial charge in [-0.15, -0.1) is 11.3 Å². The third kappa shape index (κ3) is 3.02. The van der Waals surface area contributed by atoms with Crippen LogP contribution >= 0.6 is 11.3 Å². The molecule has 4 rings (SSSR count). The van der Waals surface area contributed by atoms with Gasteiger partial charge in [-0.3, -0.25) is 4.79 Å². The Bertz CT molecular complexity index is 736. The number of aryl methyl sites for hydroxylation is 1. The zero-order valence-electron chi connectivity index (χ0n) is 13.9. The molecule has 0 atom stereocenters. The molecule has 0 N–H and O–H groups in total. The maximum absolute atomic E-state index is 12.9. The summed E-state index contributed by atoms with van der Waals surface area (Å²) in [5.41, 5.74) is 1.34. The molecule has 0 aliphatic carbocycles. The number of rotatable bonds is 2. The lowest BCUT2D eigenvalue weighted by atomic mass is 9.94. The van der Waals surface area contributed by atoms with Crippen molar-refractivity contribution >= 4 is 23.1 Å². The molecule has 1 fully saturated rings. The molecule has 6 heteroatoms. The molecule has 0 unspecified atom stereocenters. The third-order valence-electron chi connectivity index (χ3n) is 5.05. The monoisotopic (exact) mass is 342 g/mol. The quantitative estimate of drug-likeness (QED) is 0.842. The van der Waals surface area contributed by atoms with Gasteiger partial charge < -0.3 is 9.80 Å². The van der Waals surface area contributed by atoms with E-state index in [1.54, 1.807) is 6.20 Å². The van der Waals surface area contributed by atoms with Crippen molar-refractivity contribution in [2.45, 2.75) is 32.7 Å². The van der Waals surface area contributed by atoms with E-state index in [2.05, 4.69) is 31.2 Å². The van der Waals surface area contributed by atoms with Gasteiger partial charge in [0.15, 0.2) is 0 Å². The van der Waals surface area contributed by atoms with Gasteiger partial charge in [0.2, 0.25) is 5.91 Å². The molecule has 0 radical (unpaired) electrons. The minimum Gasteiger partial charge on any atom is -0.356 e. The molecule has 0 bridgehead atoms. The van der Waals surface area contributed by atoms with Gasteiger partial charge >= 0.3 is 0 Å². The summed E-state index contributed by atoms with van der Waals surface area (Å²) < 4.78 is 0. The first-order chi connectivity index (χ1) is 11.7. The van der Waals surface area contributed by atoms with Crippen LogP contribution in [0.15, 0.2) is 23.7 Å². The van der Waals surface area contributed by atoms with Gasteiger partial charge in [-0.2, -0.15) is 0 Å². The predicted octanol–water partition coefficient (Wildman–Crippen LogP) is 2.65. The van der Waals surface area contributed by atoms with Crippen LogP contribution in [0.1, 0.15) is 29.1 Å². The standard InChI is InChI=1S/C18H22N4OS/c1-13-19-7-2-17(20-13)21-8-3-14(4-9-21)18(23)22-10-5-16-15(12-22)6-11-24-16/h2,6-7,11,14H,3-5,8-10,12H2,1H3. The Morgan fingerprint density at radius 1 is 1.25 bits per heavy atom. The summed E-state index contributed by atoms with van der Waals surface area (Å²) >= 11 is 1.82. The zero-order chi connectivity index (χ0) is 16.5. The van der Waals surface area contributed by atoms with Crippen molar-refractivity contribution in [2.75, 3.05) is 24.5 Å². The number of piperidine rings is 1. The van der Waals surface area contributed by atoms with E-state index in [1.807, 2.05) is 24.3 Å². The van der Waals surface area contributed by atoms with E-state index in [9.17, 15) is 4.79 Å². The highest BCUT2D eigenvalue weighted by atomic mass is 32.1. The average Bonchev–Trinajstić information content (AvgIpc) is 3.09. The second-order valence-corrected chi connectivity index (χ2v) is 7.60. The van der Waals surface area contributed by atoms with Crippen molar-refractivity contribution in [3.8, 4) is 0 Å². The van der Waals surface area contributed by atoms with E-state index in [1.165, 1.54) is 10.4 Å². The number of amides is 1. The molecule has 2 aromatic heterocycles. The number of anilines is 1. The first-order valence-electron chi connectivity index (χ1n) is 8.59. The molecule has 0 aromatic carbocycles. The van der Waals surface area contributed by atoms with E-state index >= 15 is 0 Å². The van der Waals surface area contributed by atoms with Crippen molar-refractivity contribution in [1.29, 1.82) is 0 Å². The third-order valence-corrected chi connectivity index (χ3v) is 6.07. The zero-order valence-corrected chi connectivity index (χ0v) is 14.8. The number of carbonyl (C=O) groups excluding carboxylic acids is 1. The van der Waals surface area contributed by atoms with Crippen LogP contribution in [0.25, 0.3) is 0 Å². The van der Waals surface area contributed by atoms with Crippen LogP contribution in [-0.4, -0.2) is 40.4 Å². The Morgan fingerprint density at radius 2 is 2.08 bits per heavy atom. The normalized spacial score (nSPS) is 18.5. The summed E-state index contributed by atoms with van der Waals surface area (Å²) in [7, 11) is 0. The molecule has 5 nitrogen and oxygen atoms in total. The summed E-state index contributed by atoms with van der Waals surface area (Å²) in [6, 6.07) is 4.12. The van der Waals surface area contributed by atoms with Crippen LogP contribution in [-0.2, 0) is 17.8 Å². The number of hydrogen-bond donors (Lipinski definition) is 0.